The largest absolute Gasteiger partial charge is 0.373 e. The van der Waals surface area contributed by atoms with E-state index in [9.17, 15) is 0 Å². The Balaban J connectivity index is 1.31. The Morgan fingerprint density at radius 2 is 2.03 bits per heavy atom. The van der Waals surface area contributed by atoms with Crippen molar-refractivity contribution in [2.45, 2.75) is 57.6 Å². The monoisotopic (exact) mass is 398 g/mol. The van der Waals surface area contributed by atoms with E-state index < -0.39 is 0 Å². The molecule has 3 rings (SSSR count). The summed E-state index contributed by atoms with van der Waals surface area (Å²) in [7, 11) is 1.85. The molecule has 1 atom stereocenters. The molecule has 29 heavy (non-hydrogen) atoms. The fourth-order valence-electron chi connectivity index (χ4n) is 4.39. The highest BCUT2D eigenvalue weighted by atomic mass is 16.5. The summed E-state index contributed by atoms with van der Waals surface area (Å²) in [5.74, 6) is 0.909. The molecule has 2 aliphatic rings. The molecule has 160 valence electrons. The van der Waals surface area contributed by atoms with Crippen LogP contribution in [-0.2, 0) is 11.2 Å². The van der Waals surface area contributed by atoms with Crippen LogP contribution in [0.4, 0.5) is 0 Å². The van der Waals surface area contributed by atoms with Gasteiger partial charge >= 0.3 is 0 Å². The number of hydrogen-bond acceptors (Lipinski definition) is 3. The number of fused-ring (bicyclic) bond motifs is 1. The van der Waals surface area contributed by atoms with Crippen LogP contribution in [0.3, 0.4) is 0 Å². The van der Waals surface area contributed by atoms with E-state index in [2.05, 4.69) is 58.3 Å². The van der Waals surface area contributed by atoms with Crippen molar-refractivity contribution >= 4 is 5.96 Å². The van der Waals surface area contributed by atoms with E-state index >= 15 is 0 Å². The lowest BCUT2D eigenvalue weighted by Crippen LogP contribution is -2.49. The summed E-state index contributed by atoms with van der Waals surface area (Å²) in [5, 5.41) is 7.03. The van der Waals surface area contributed by atoms with E-state index in [0.29, 0.717) is 6.04 Å². The minimum Gasteiger partial charge on any atom is -0.373 e. The molecule has 1 aliphatic carbocycles. The molecule has 0 amide bonds. The number of aliphatic imine (C=N–C) groups is 1. The fourth-order valence-corrected chi connectivity index (χ4v) is 4.39. The van der Waals surface area contributed by atoms with Crippen LogP contribution in [0.2, 0.25) is 0 Å². The van der Waals surface area contributed by atoms with Crippen molar-refractivity contribution in [1.29, 1.82) is 0 Å². The molecule has 1 unspecified atom stereocenters. The van der Waals surface area contributed by atoms with Gasteiger partial charge in [0, 0.05) is 45.9 Å². The molecule has 1 aromatic rings. The number of aryl methyl sites for hydroxylation is 1. The Labute approximate surface area is 176 Å². The lowest BCUT2D eigenvalue weighted by atomic mass is 9.89. The summed E-state index contributed by atoms with van der Waals surface area (Å²) in [4.78, 5) is 6.88. The molecule has 1 fully saturated rings. The lowest BCUT2D eigenvalue weighted by molar-refractivity contribution is 0.0398. The minimum atomic E-state index is 0.266. The normalized spacial score (nSPS) is 20.9. The molecule has 5 nitrogen and oxygen atoms in total. The standard InChI is InChI=1S/C24H38N4O/c1-19(2)18-28-15-12-21(13-16-28)27-24(25-3)26-14-7-17-29-23-11-6-9-20-8-4-5-10-22(20)23/h4-5,8,10,21,23H,1,6-7,9,11-18H2,2-3H3,(H2,25,26,27). The van der Waals surface area contributed by atoms with Gasteiger partial charge in [0.25, 0.3) is 0 Å². The van der Waals surface area contributed by atoms with Gasteiger partial charge in [-0.15, -0.1) is 0 Å². The first-order valence-electron chi connectivity index (χ1n) is 11.2. The van der Waals surface area contributed by atoms with Crippen LogP contribution in [0.5, 0.6) is 0 Å². The molecule has 0 bridgehead atoms. The van der Waals surface area contributed by atoms with E-state index in [1.54, 1.807) is 0 Å². The van der Waals surface area contributed by atoms with Crippen LogP contribution in [0, 0.1) is 0 Å². The van der Waals surface area contributed by atoms with E-state index in [1.165, 1.54) is 29.5 Å². The van der Waals surface area contributed by atoms with Gasteiger partial charge in [0.1, 0.15) is 0 Å². The zero-order chi connectivity index (χ0) is 20.5. The SMILES string of the molecule is C=C(C)CN1CCC(NC(=NC)NCCCOC2CCCc3ccccc32)CC1. The maximum atomic E-state index is 6.21. The molecule has 1 aromatic carbocycles. The molecule has 0 spiro atoms. The zero-order valence-corrected chi connectivity index (χ0v) is 18.3. The van der Waals surface area contributed by atoms with E-state index in [1.807, 2.05) is 7.05 Å². The van der Waals surface area contributed by atoms with Gasteiger partial charge in [0.2, 0.25) is 0 Å². The summed E-state index contributed by atoms with van der Waals surface area (Å²) in [6, 6.07) is 9.22. The van der Waals surface area contributed by atoms with Crippen molar-refractivity contribution in [3.8, 4) is 0 Å². The highest BCUT2D eigenvalue weighted by Gasteiger charge is 2.21. The van der Waals surface area contributed by atoms with Gasteiger partial charge in [-0.2, -0.15) is 0 Å². The van der Waals surface area contributed by atoms with E-state index in [-0.39, 0.29) is 6.10 Å². The molecule has 0 radical (unpaired) electrons. The third-order valence-corrected chi connectivity index (χ3v) is 5.89. The first-order chi connectivity index (χ1) is 14.2. The first-order valence-corrected chi connectivity index (χ1v) is 11.2. The molecule has 0 saturated carbocycles. The average Bonchev–Trinajstić information content (AvgIpc) is 2.73. The Morgan fingerprint density at radius 3 is 2.79 bits per heavy atom. The third-order valence-electron chi connectivity index (χ3n) is 5.89. The number of guanidine groups is 1. The average molecular weight is 399 g/mol. The molecule has 1 saturated heterocycles. The maximum Gasteiger partial charge on any atom is 0.191 e. The van der Waals surface area contributed by atoms with Gasteiger partial charge in [0.15, 0.2) is 5.96 Å². The van der Waals surface area contributed by atoms with Gasteiger partial charge in [0.05, 0.1) is 6.10 Å². The number of nitrogens with zero attached hydrogens (tertiary/aromatic N) is 2. The molecular weight excluding hydrogens is 360 g/mol. The quantitative estimate of drug-likeness (QED) is 0.304. The number of benzene rings is 1. The predicted octanol–water partition coefficient (Wildman–Crippen LogP) is 3.68. The summed E-state index contributed by atoms with van der Waals surface area (Å²) >= 11 is 0. The highest BCUT2D eigenvalue weighted by molar-refractivity contribution is 5.79. The molecular formula is C24H38N4O. The van der Waals surface area contributed by atoms with E-state index in [4.69, 9.17) is 4.74 Å². The number of likely N-dealkylation sites (tertiary alicyclic amines) is 1. The van der Waals surface area contributed by atoms with E-state index in [0.717, 1.165) is 64.4 Å². The second-order valence-corrected chi connectivity index (χ2v) is 8.45. The van der Waals surface area contributed by atoms with Crippen molar-refractivity contribution in [3.63, 3.8) is 0 Å². The summed E-state index contributed by atoms with van der Waals surface area (Å²) in [6.45, 7) is 11.1. The highest BCUT2D eigenvalue weighted by Crippen LogP contribution is 2.32. The lowest BCUT2D eigenvalue weighted by Gasteiger charge is -2.33. The Morgan fingerprint density at radius 1 is 1.24 bits per heavy atom. The summed E-state index contributed by atoms with van der Waals surface area (Å²) in [6.07, 6.45) is 7.10. The van der Waals surface area contributed by atoms with Crippen molar-refractivity contribution in [1.82, 2.24) is 15.5 Å². The number of ether oxygens (including phenoxy) is 1. The fraction of sp³-hybridized carbons (Fsp3) is 0.625. The van der Waals surface area contributed by atoms with Crippen molar-refractivity contribution < 1.29 is 4.74 Å². The number of hydrogen-bond donors (Lipinski definition) is 2. The van der Waals surface area contributed by atoms with Gasteiger partial charge in [-0.25, -0.2) is 0 Å². The topological polar surface area (TPSA) is 48.9 Å². The van der Waals surface area contributed by atoms with Crippen LogP contribution >= 0.6 is 0 Å². The predicted molar refractivity (Wildman–Crippen MR) is 121 cm³/mol. The number of piperidine rings is 1. The Bertz CT molecular complexity index is 679. The van der Waals surface area contributed by atoms with Gasteiger partial charge in [-0.3, -0.25) is 9.89 Å². The van der Waals surface area contributed by atoms with Crippen LogP contribution < -0.4 is 10.6 Å². The molecule has 5 heteroatoms. The third kappa shape index (κ3) is 6.86. The van der Waals surface area contributed by atoms with Crippen molar-refractivity contribution in [3.05, 3.63) is 47.5 Å². The smallest absolute Gasteiger partial charge is 0.191 e. The molecule has 0 aromatic heterocycles. The van der Waals surface area contributed by atoms with Gasteiger partial charge < -0.3 is 15.4 Å². The molecule has 1 heterocycles. The Hall–Kier alpha value is -1.85. The Kier molecular flexibility index (Phi) is 8.56. The zero-order valence-electron chi connectivity index (χ0n) is 18.3. The summed E-state index contributed by atoms with van der Waals surface area (Å²) < 4.78 is 6.21. The minimum absolute atomic E-state index is 0.266. The second kappa shape index (κ2) is 11.4. The van der Waals surface area contributed by atoms with Gasteiger partial charge in [-0.05, 0) is 56.6 Å². The van der Waals surface area contributed by atoms with Crippen molar-refractivity contribution in [2.75, 3.05) is 39.8 Å². The maximum absolute atomic E-state index is 6.21. The molecule has 1 aliphatic heterocycles. The molecule has 2 N–H and O–H groups in total. The first kappa shape index (κ1) is 21.8. The van der Waals surface area contributed by atoms with Crippen LogP contribution in [0.15, 0.2) is 41.4 Å². The van der Waals surface area contributed by atoms with Crippen LogP contribution in [0.25, 0.3) is 0 Å². The number of nitrogens with one attached hydrogen (secondary N) is 2. The van der Waals surface area contributed by atoms with Gasteiger partial charge in [-0.1, -0.05) is 36.4 Å². The summed E-state index contributed by atoms with van der Waals surface area (Å²) in [5.41, 5.74) is 4.09. The van der Waals surface area contributed by atoms with Crippen molar-refractivity contribution in [2.24, 2.45) is 4.99 Å². The second-order valence-electron chi connectivity index (χ2n) is 8.45. The van der Waals surface area contributed by atoms with Crippen LogP contribution in [0.1, 0.15) is 56.3 Å². The van der Waals surface area contributed by atoms with Crippen LogP contribution in [-0.4, -0.2) is 56.7 Å². The number of rotatable bonds is 8.